The molecule has 8 nitrogen and oxygen atoms in total. The van der Waals surface area contributed by atoms with Crippen LogP contribution in [-0.2, 0) is 9.53 Å². The summed E-state index contributed by atoms with van der Waals surface area (Å²) in [4.78, 5) is 36.0. The Bertz CT molecular complexity index is 563. The molecule has 1 aliphatic rings. The van der Waals surface area contributed by atoms with Crippen LogP contribution in [0, 0.1) is 0 Å². The fourth-order valence-corrected chi connectivity index (χ4v) is 2.78. The molecule has 1 saturated heterocycles. The van der Waals surface area contributed by atoms with Crippen molar-refractivity contribution in [2.45, 2.75) is 32.7 Å². The fourth-order valence-electron chi connectivity index (χ4n) is 2.78. The van der Waals surface area contributed by atoms with E-state index in [0.717, 1.165) is 39.3 Å². The molecule has 2 N–H and O–H groups in total. The van der Waals surface area contributed by atoms with Gasteiger partial charge in [-0.25, -0.2) is 4.98 Å². The summed E-state index contributed by atoms with van der Waals surface area (Å²) in [6.07, 6.45) is 5.69. The number of morpholine rings is 1. The maximum Gasteiger partial charge on any atom is 0.274 e. The van der Waals surface area contributed by atoms with Gasteiger partial charge in [0.15, 0.2) is 0 Å². The van der Waals surface area contributed by atoms with Gasteiger partial charge in [-0.15, -0.1) is 0 Å². The number of carbonyl (C=O) groups excluding carboxylic acids is 2. The van der Waals surface area contributed by atoms with Gasteiger partial charge in [0, 0.05) is 31.4 Å². The van der Waals surface area contributed by atoms with Gasteiger partial charge in [0.05, 0.1) is 32.5 Å². The molecule has 0 spiro atoms. The second-order valence-corrected chi connectivity index (χ2v) is 6.62. The number of hydrogen-bond donors (Lipinski definition) is 2. The second-order valence-electron chi connectivity index (χ2n) is 6.62. The number of aromatic nitrogens is 2. The van der Waals surface area contributed by atoms with Gasteiger partial charge in [-0.3, -0.25) is 14.6 Å². The van der Waals surface area contributed by atoms with Crippen molar-refractivity contribution in [2.24, 2.45) is 0 Å². The molecule has 144 valence electrons. The molecule has 0 bridgehead atoms. The molecule has 1 fully saturated rings. The molecule has 0 aliphatic carbocycles. The number of hydrogen-bond acceptors (Lipinski definition) is 5. The van der Waals surface area contributed by atoms with Gasteiger partial charge >= 0.3 is 0 Å². The van der Waals surface area contributed by atoms with Gasteiger partial charge in [0.1, 0.15) is 18.8 Å². The van der Waals surface area contributed by atoms with Crippen LogP contribution in [0.25, 0.3) is 0 Å². The zero-order valence-electron chi connectivity index (χ0n) is 15.7. The second kappa shape index (κ2) is 10.8. The van der Waals surface area contributed by atoms with E-state index in [9.17, 15) is 9.59 Å². The lowest BCUT2D eigenvalue weighted by Gasteiger charge is -2.27. The minimum absolute atomic E-state index is 0.0324. The maximum absolute atomic E-state index is 12.8. The number of amides is 2. The molecule has 0 unspecified atom stereocenters. The zero-order valence-corrected chi connectivity index (χ0v) is 15.7. The van der Waals surface area contributed by atoms with E-state index in [1.807, 2.05) is 13.8 Å². The first-order valence-electron chi connectivity index (χ1n) is 9.36. The zero-order chi connectivity index (χ0) is 18.8. The highest BCUT2D eigenvalue weighted by atomic mass is 16.5. The number of ether oxygens (including phenoxy) is 1. The summed E-state index contributed by atoms with van der Waals surface area (Å²) in [5, 5.41) is 2.94. The predicted octanol–water partition coefficient (Wildman–Crippen LogP) is -0.861. The average Bonchev–Trinajstić information content (AvgIpc) is 2.69. The third-order valence-electron chi connectivity index (χ3n) is 4.63. The Hall–Kier alpha value is -2.06. The van der Waals surface area contributed by atoms with Crippen molar-refractivity contribution in [2.75, 3.05) is 45.9 Å². The van der Waals surface area contributed by atoms with E-state index in [1.165, 1.54) is 17.3 Å². The summed E-state index contributed by atoms with van der Waals surface area (Å²) in [7, 11) is 0. The van der Waals surface area contributed by atoms with E-state index in [0.29, 0.717) is 18.8 Å². The minimum Gasteiger partial charge on any atom is -0.370 e. The Balaban J connectivity index is 1.93. The normalized spacial score (nSPS) is 16.1. The van der Waals surface area contributed by atoms with Crippen LogP contribution in [0.3, 0.4) is 0 Å². The monoisotopic (exact) mass is 364 g/mol. The van der Waals surface area contributed by atoms with Crippen molar-refractivity contribution in [3.05, 3.63) is 24.3 Å². The van der Waals surface area contributed by atoms with Crippen LogP contribution in [0.15, 0.2) is 18.6 Å². The van der Waals surface area contributed by atoms with Crippen molar-refractivity contribution in [1.82, 2.24) is 20.2 Å². The molecule has 0 radical (unpaired) electrons. The van der Waals surface area contributed by atoms with E-state index >= 15 is 0 Å². The van der Waals surface area contributed by atoms with Gasteiger partial charge in [-0.2, -0.15) is 0 Å². The molecule has 0 saturated carbocycles. The number of carbonyl (C=O) groups is 2. The van der Waals surface area contributed by atoms with Crippen LogP contribution in [0.2, 0.25) is 0 Å². The summed E-state index contributed by atoms with van der Waals surface area (Å²) in [5.41, 5.74) is 0.312. The fraction of sp³-hybridized carbons (Fsp3) is 0.667. The standard InChI is InChI=1S/C18H29N5O3/c1-3-15(2)21-17(24)4-7-23(9-8-22-10-12-26-13-11-22)18(25)16-14-19-5-6-20-16/h5-6,14-15H,3-4,7-13H2,1-2H3,(H,21,24)/p+1/t15-/m0/s1. The van der Waals surface area contributed by atoms with E-state index in [-0.39, 0.29) is 24.3 Å². The van der Waals surface area contributed by atoms with Gasteiger partial charge in [0.25, 0.3) is 5.91 Å². The third-order valence-corrected chi connectivity index (χ3v) is 4.63. The van der Waals surface area contributed by atoms with E-state index in [2.05, 4.69) is 15.3 Å². The van der Waals surface area contributed by atoms with E-state index in [1.54, 1.807) is 11.1 Å². The Labute approximate surface area is 154 Å². The Morgan fingerprint density at radius 1 is 1.31 bits per heavy atom. The first-order chi connectivity index (χ1) is 12.6. The largest absolute Gasteiger partial charge is 0.370 e. The smallest absolute Gasteiger partial charge is 0.274 e. The maximum atomic E-state index is 12.8. The van der Waals surface area contributed by atoms with Gasteiger partial charge < -0.3 is 19.9 Å². The quantitative estimate of drug-likeness (QED) is 0.595. The summed E-state index contributed by atoms with van der Waals surface area (Å²) in [5.74, 6) is -0.211. The average molecular weight is 364 g/mol. The van der Waals surface area contributed by atoms with Crippen LogP contribution < -0.4 is 10.2 Å². The number of rotatable bonds is 9. The summed E-state index contributed by atoms with van der Waals surface area (Å²) >= 11 is 0. The molecule has 26 heavy (non-hydrogen) atoms. The summed E-state index contributed by atoms with van der Waals surface area (Å²) < 4.78 is 5.38. The van der Waals surface area contributed by atoms with Crippen LogP contribution >= 0.6 is 0 Å². The van der Waals surface area contributed by atoms with Crippen LogP contribution in [0.4, 0.5) is 0 Å². The Morgan fingerprint density at radius 3 is 2.73 bits per heavy atom. The molecule has 1 atom stereocenters. The van der Waals surface area contributed by atoms with Crippen molar-refractivity contribution < 1.29 is 19.2 Å². The highest BCUT2D eigenvalue weighted by Crippen LogP contribution is 2.02. The number of nitrogens with zero attached hydrogens (tertiary/aromatic N) is 3. The molecule has 1 aliphatic heterocycles. The highest BCUT2D eigenvalue weighted by Gasteiger charge is 2.21. The van der Waals surface area contributed by atoms with Crippen molar-refractivity contribution in [3.63, 3.8) is 0 Å². The van der Waals surface area contributed by atoms with Crippen molar-refractivity contribution in [1.29, 1.82) is 0 Å². The van der Waals surface area contributed by atoms with E-state index in [4.69, 9.17) is 4.74 Å². The SMILES string of the molecule is CC[C@H](C)NC(=O)CCN(CC[NH+]1CCOCC1)C(=O)c1cnccn1. The topological polar surface area (TPSA) is 88.9 Å². The number of quaternary nitrogens is 1. The molecule has 2 amide bonds. The predicted molar refractivity (Wildman–Crippen MR) is 96.8 cm³/mol. The van der Waals surface area contributed by atoms with Crippen LogP contribution in [0.5, 0.6) is 0 Å². The molecule has 1 aromatic rings. The third kappa shape index (κ3) is 6.68. The Morgan fingerprint density at radius 2 is 2.08 bits per heavy atom. The van der Waals surface area contributed by atoms with Crippen molar-refractivity contribution >= 4 is 11.8 Å². The molecular weight excluding hydrogens is 334 g/mol. The van der Waals surface area contributed by atoms with Crippen molar-refractivity contribution in [3.8, 4) is 0 Å². The highest BCUT2D eigenvalue weighted by molar-refractivity contribution is 5.92. The molecule has 2 heterocycles. The lowest BCUT2D eigenvalue weighted by atomic mass is 10.2. The Kier molecular flexibility index (Phi) is 8.43. The first kappa shape index (κ1) is 20.3. The van der Waals surface area contributed by atoms with Crippen LogP contribution in [0.1, 0.15) is 37.2 Å². The minimum atomic E-state index is -0.179. The van der Waals surface area contributed by atoms with Crippen LogP contribution in [-0.4, -0.2) is 78.7 Å². The lowest BCUT2D eigenvalue weighted by Crippen LogP contribution is -3.14. The first-order valence-corrected chi connectivity index (χ1v) is 9.36. The van der Waals surface area contributed by atoms with Gasteiger partial charge in [0.2, 0.25) is 5.91 Å². The lowest BCUT2D eigenvalue weighted by molar-refractivity contribution is -0.907. The van der Waals surface area contributed by atoms with Gasteiger partial charge in [-0.1, -0.05) is 6.92 Å². The summed E-state index contributed by atoms with van der Waals surface area (Å²) in [6, 6.07) is 0.143. The van der Waals surface area contributed by atoms with Gasteiger partial charge in [-0.05, 0) is 13.3 Å². The molecule has 2 rings (SSSR count). The molecule has 0 aromatic carbocycles. The number of nitrogens with one attached hydrogen (secondary N) is 2. The van der Waals surface area contributed by atoms with E-state index < -0.39 is 0 Å². The molecule has 1 aromatic heterocycles. The summed E-state index contributed by atoms with van der Waals surface area (Å²) in [6.45, 7) is 9.20. The molecule has 8 heteroatoms. The molecular formula is C18H30N5O3+.